The lowest BCUT2D eigenvalue weighted by molar-refractivity contribution is 0.0531. The number of amides is 1. The smallest absolute Gasteiger partial charge is 0.408 e. The van der Waals surface area contributed by atoms with Crippen LogP contribution in [0.1, 0.15) is 41.0 Å². The first-order chi connectivity index (χ1) is 11.4. The van der Waals surface area contributed by atoms with Crippen molar-refractivity contribution in [3.05, 3.63) is 52.0 Å². The number of carbonyl (C=O) groups excluding carboxylic acids is 2. The van der Waals surface area contributed by atoms with Crippen LogP contribution >= 0.6 is 11.3 Å². The highest BCUT2D eigenvalue weighted by atomic mass is 32.1. The Morgan fingerprint density at radius 1 is 1.21 bits per heavy atom. The molecular weight excluding hydrogens is 328 g/mol. The highest BCUT2D eigenvalue weighted by Crippen LogP contribution is 2.26. The van der Waals surface area contributed by atoms with E-state index in [2.05, 4.69) is 10.3 Å². The molecule has 1 amide bonds. The van der Waals surface area contributed by atoms with Crippen molar-refractivity contribution in [2.24, 2.45) is 0 Å². The van der Waals surface area contributed by atoms with E-state index in [0.717, 1.165) is 5.56 Å². The fourth-order valence-electron chi connectivity index (χ4n) is 1.93. The number of esters is 1. The quantitative estimate of drug-likeness (QED) is 0.809. The fourth-order valence-corrected chi connectivity index (χ4v) is 2.80. The second kappa shape index (κ2) is 7.92. The molecule has 7 heteroatoms. The van der Waals surface area contributed by atoms with Gasteiger partial charge >= 0.3 is 12.1 Å². The van der Waals surface area contributed by atoms with E-state index in [1.165, 1.54) is 17.5 Å². The minimum absolute atomic E-state index is 0.189. The average molecular weight is 348 g/mol. The number of nitrogens with one attached hydrogen (secondary N) is 1. The second-order valence-electron chi connectivity index (χ2n) is 5.56. The Morgan fingerprint density at radius 2 is 1.92 bits per heavy atom. The second-order valence-corrected chi connectivity index (χ2v) is 6.59. The van der Waals surface area contributed by atoms with Gasteiger partial charge in [-0.25, -0.2) is 14.6 Å². The van der Waals surface area contributed by atoms with Crippen LogP contribution in [-0.4, -0.2) is 23.7 Å². The molecular formula is C17H20N2O4S. The number of alkyl carbamates (subject to hydrolysis) is 1. The summed E-state index contributed by atoms with van der Waals surface area (Å²) in [4.78, 5) is 28.3. The summed E-state index contributed by atoms with van der Waals surface area (Å²) < 4.78 is 10.2. The zero-order valence-electron chi connectivity index (χ0n) is 13.9. The van der Waals surface area contributed by atoms with Gasteiger partial charge in [-0.2, -0.15) is 0 Å². The van der Waals surface area contributed by atoms with Crippen molar-refractivity contribution in [1.29, 1.82) is 0 Å². The zero-order valence-corrected chi connectivity index (χ0v) is 14.7. The summed E-state index contributed by atoms with van der Waals surface area (Å²) in [5.41, 5.74) is 0.146. The Balaban J connectivity index is 1.94. The molecule has 1 heterocycles. The third-order valence-electron chi connectivity index (χ3n) is 3.14. The number of hydrogen-bond donors (Lipinski definition) is 1. The SMILES string of the molecule is CCOC(=O)c1cnc(C(C)(C)NC(=O)OCc2ccccc2)s1. The van der Waals surface area contributed by atoms with Crippen LogP contribution in [-0.2, 0) is 21.6 Å². The van der Waals surface area contributed by atoms with E-state index in [0.29, 0.717) is 16.5 Å². The molecule has 0 spiro atoms. The van der Waals surface area contributed by atoms with Gasteiger partial charge in [-0.3, -0.25) is 0 Å². The van der Waals surface area contributed by atoms with Gasteiger partial charge in [0, 0.05) is 0 Å². The van der Waals surface area contributed by atoms with Gasteiger partial charge in [0.2, 0.25) is 0 Å². The van der Waals surface area contributed by atoms with Gasteiger partial charge in [0.15, 0.2) is 0 Å². The maximum absolute atomic E-state index is 12.0. The summed E-state index contributed by atoms with van der Waals surface area (Å²) in [6, 6.07) is 9.42. The van der Waals surface area contributed by atoms with Crippen molar-refractivity contribution in [2.75, 3.05) is 6.61 Å². The lowest BCUT2D eigenvalue weighted by Gasteiger charge is -2.23. The molecule has 128 valence electrons. The molecule has 0 saturated heterocycles. The third kappa shape index (κ3) is 4.79. The number of carbonyl (C=O) groups is 2. The first-order valence-corrected chi connectivity index (χ1v) is 8.36. The van der Waals surface area contributed by atoms with Crippen LogP contribution in [0.4, 0.5) is 4.79 Å². The van der Waals surface area contributed by atoms with Gasteiger partial charge in [0.1, 0.15) is 16.5 Å². The Hall–Kier alpha value is -2.41. The highest BCUT2D eigenvalue weighted by Gasteiger charge is 2.28. The predicted octanol–water partition coefficient (Wildman–Crippen LogP) is 3.48. The zero-order chi connectivity index (χ0) is 17.6. The van der Waals surface area contributed by atoms with Gasteiger partial charge in [0.05, 0.1) is 18.3 Å². The minimum atomic E-state index is -0.761. The summed E-state index contributed by atoms with van der Waals surface area (Å²) in [5, 5.41) is 3.36. The molecule has 6 nitrogen and oxygen atoms in total. The van der Waals surface area contributed by atoms with Gasteiger partial charge < -0.3 is 14.8 Å². The fraction of sp³-hybridized carbons (Fsp3) is 0.353. The molecule has 0 radical (unpaired) electrons. The molecule has 1 aromatic carbocycles. The van der Waals surface area contributed by atoms with Crippen molar-refractivity contribution >= 4 is 23.4 Å². The molecule has 0 unspecified atom stereocenters. The molecule has 24 heavy (non-hydrogen) atoms. The van der Waals surface area contributed by atoms with Crippen LogP contribution in [0.15, 0.2) is 36.5 Å². The Labute approximate surface area is 144 Å². The first kappa shape index (κ1) is 17.9. The molecule has 0 saturated carbocycles. The number of aromatic nitrogens is 1. The lowest BCUT2D eigenvalue weighted by Crippen LogP contribution is -2.41. The summed E-state index contributed by atoms with van der Waals surface area (Å²) >= 11 is 1.19. The lowest BCUT2D eigenvalue weighted by atomic mass is 10.1. The first-order valence-electron chi connectivity index (χ1n) is 7.54. The molecule has 1 N–H and O–H groups in total. The maximum Gasteiger partial charge on any atom is 0.408 e. The third-order valence-corrected chi connectivity index (χ3v) is 4.45. The van der Waals surface area contributed by atoms with Crippen LogP contribution in [0.25, 0.3) is 0 Å². The number of thiazole rings is 1. The minimum Gasteiger partial charge on any atom is -0.462 e. The number of nitrogens with zero attached hydrogens (tertiary/aromatic N) is 1. The standard InChI is InChI=1S/C17H20N2O4S/c1-4-22-14(20)13-10-18-15(24-13)17(2,3)19-16(21)23-11-12-8-6-5-7-9-12/h5-10H,4,11H2,1-3H3,(H,19,21). The highest BCUT2D eigenvalue weighted by molar-refractivity contribution is 7.13. The van der Waals surface area contributed by atoms with E-state index in [1.54, 1.807) is 20.8 Å². The summed E-state index contributed by atoms with van der Waals surface area (Å²) in [6.07, 6.45) is 0.910. The summed E-state index contributed by atoms with van der Waals surface area (Å²) in [6.45, 7) is 5.83. The Morgan fingerprint density at radius 3 is 2.58 bits per heavy atom. The van der Waals surface area contributed by atoms with Crippen molar-refractivity contribution < 1.29 is 19.1 Å². The van der Waals surface area contributed by atoms with E-state index < -0.39 is 17.6 Å². The molecule has 2 aromatic rings. The number of benzene rings is 1. The molecule has 0 aliphatic heterocycles. The molecule has 0 aliphatic rings. The van der Waals surface area contributed by atoms with E-state index in [4.69, 9.17) is 9.47 Å². The van der Waals surface area contributed by atoms with Crippen LogP contribution < -0.4 is 5.32 Å². The van der Waals surface area contributed by atoms with Crippen molar-refractivity contribution in [3.63, 3.8) is 0 Å². The van der Waals surface area contributed by atoms with Crippen LogP contribution in [0, 0.1) is 0 Å². The van der Waals surface area contributed by atoms with Crippen molar-refractivity contribution in [2.45, 2.75) is 32.9 Å². The molecule has 2 rings (SSSR count). The topological polar surface area (TPSA) is 77.5 Å². The Bertz CT molecular complexity index is 698. The predicted molar refractivity (Wildman–Crippen MR) is 90.9 cm³/mol. The largest absolute Gasteiger partial charge is 0.462 e. The maximum atomic E-state index is 12.0. The van der Waals surface area contributed by atoms with Crippen LogP contribution in [0.2, 0.25) is 0 Å². The van der Waals surface area contributed by atoms with E-state index >= 15 is 0 Å². The van der Waals surface area contributed by atoms with Gasteiger partial charge in [0.25, 0.3) is 0 Å². The normalized spacial score (nSPS) is 11.0. The number of rotatable bonds is 6. The van der Waals surface area contributed by atoms with Crippen LogP contribution in [0.3, 0.4) is 0 Å². The van der Waals surface area contributed by atoms with Gasteiger partial charge in [-0.05, 0) is 26.3 Å². The Kier molecular flexibility index (Phi) is 5.92. The molecule has 0 bridgehead atoms. The summed E-state index contributed by atoms with van der Waals surface area (Å²) in [7, 11) is 0. The molecule has 0 atom stereocenters. The molecule has 0 fully saturated rings. The monoisotopic (exact) mass is 348 g/mol. The van der Waals surface area contributed by atoms with Gasteiger partial charge in [-0.15, -0.1) is 11.3 Å². The van der Waals surface area contributed by atoms with E-state index in [1.807, 2.05) is 30.3 Å². The average Bonchev–Trinajstić information content (AvgIpc) is 3.05. The number of ether oxygens (including phenoxy) is 2. The van der Waals surface area contributed by atoms with Crippen LogP contribution in [0.5, 0.6) is 0 Å². The van der Waals surface area contributed by atoms with E-state index in [-0.39, 0.29) is 6.61 Å². The molecule has 1 aromatic heterocycles. The number of hydrogen-bond acceptors (Lipinski definition) is 6. The van der Waals surface area contributed by atoms with Crippen molar-refractivity contribution in [3.8, 4) is 0 Å². The molecule has 0 aliphatic carbocycles. The van der Waals surface area contributed by atoms with E-state index in [9.17, 15) is 9.59 Å². The summed E-state index contributed by atoms with van der Waals surface area (Å²) in [5.74, 6) is -0.413. The van der Waals surface area contributed by atoms with Gasteiger partial charge in [-0.1, -0.05) is 30.3 Å². The van der Waals surface area contributed by atoms with Crippen molar-refractivity contribution in [1.82, 2.24) is 10.3 Å².